The molecule has 0 amide bonds. The molecule has 4 heteroatoms. The lowest BCUT2D eigenvalue weighted by molar-refractivity contribution is 0.321. The number of aromatic nitrogens is 2. The summed E-state index contributed by atoms with van der Waals surface area (Å²) in [5, 5.41) is 0. The molecule has 0 fully saturated rings. The molecule has 0 saturated carbocycles. The molecule has 0 unspecified atom stereocenters. The monoisotopic (exact) mass is 168 g/mol. The summed E-state index contributed by atoms with van der Waals surface area (Å²) in [4.78, 5) is 14.8. The van der Waals surface area contributed by atoms with Crippen LogP contribution in [-0.2, 0) is 7.05 Å². The van der Waals surface area contributed by atoms with Gasteiger partial charge in [-0.2, -0.15) is 4.98 Å². The van der Waals surface area contributed by atoms with Crippen molar-refractivity contribution in [1.82, 2.24) is 9.55 Å². The van der Waals surface area contributed by atoms with Gasteiger partial charge in [-0.15, -0.1) is 0 Å². The fourth-order valence-electron chi connectivity index (χ4n) is 0.938. The van der Waals surface area contributed by atoms with E-state index in [-0.39, 0.29) is 5.69 Å². The summed E-state index contributed by atoms with van der Waals surface area (Å²) in [6.07, 6.45) is 1.71. The molecule has 4 nitrogen and oxygen atoms in total. The van der Waals surface area contributed by atoms with E-state index in [1.807, 2.05) is 13.8 Å². The largest absolute Gasteiger partial charge is 0.478 e. The third-order valence-electron chi connectivity index (χ3n) is 1.50. The Hall–Kier alpha value is -1.32. The molecule has 0 aliphatic rings. The summed E-state index contributed by atoms with van der Waals surface area (Å²) in [5.41, 5.74) is 0.586. The van der Waals surface area contributed by atoms with Crippen LogP contribution in [0.15, 0.2) is 11.0 Å². The van der Waals surface area contributed by atoms with Crippen LogP contribution >= 0.6 is 0 Å². The fraction of sp³-hybridized carbons (Fsp3) is 0.500. The molecule has 0 atom stereocenters. The summed E-state index contributed by atoms with van der Waals surface area (Å²) in [6.45, 7) is 4.25. The SMILES string of the molecule is CCOc1nc(=O)n(C)cc1C. The first kappa shape index (κ1) is 8.77. The minimum absolute atomic E-state index is 0.288. The molecule has 1 aromatic heterocycles. The maximum atomic E-state index is 11.0. The normalized spacial score (nSPS) is 9.92. The van der Waals surface area contributed by atoms with E-state index in [4.69, 9.17) is 4.74 Å². The van der Waals surface area contributed by atoms with E-state index in [0.29, 0.717) is 12.5 Å². The minimum Gasteiger partial charge on any atom is -0.478 e. The molecule has 1 rings (SSSR count). The van der Waals surface area contributed by atoms with Gasteiger partial charge in [0.1, 0.15) is 0 Å². The van der Waals surface area contributed by atoms with Crippen molar-refractivity contribution >= 4 is 0 Å². The molecule has 66 valence electrons. The van der Waals surface area contributed by atoms with Crippen molar-refractivity contribution in [3.8, 4) is 5.88 Å². The second-order valence-corrected chi connectivity index (χ2v) is 2.56. The summed E-state index contributed by atoms with van der Waals surface area (Å²) < 4.78 is 6.58. The molecule has 1 aromatic rings. The predicted molar refractivity (Wildman–Crippen MR) is 45.4 cm³/mol. The molecule has 0 saturated heterocycles. The van der Waals surface area contributed by atoms with Crippen LogP contribution < -0.4 is 10.4 Å². The second kappa shape index (κ2) is 3.38. The second-order valence-electron chi connectivity index (χ2n) is 2.56. The molecule has 0 aliphatic carbocycles. The van der Waals surface area contributed by atoms with Crippen LogP contribution in [0.4, 0.5) is 0 Å². The van der Waals surface area contributed by atoms with Gasteiger partial charge in [0.05, 0.1) is 6.61 Å². The van der Waals surface area contributed by atoms with Crippen molar-refractivity contribution < 1.29 is 4.74 Å². The Labute approximate surface area is 70.8 Å². The van der Waals surface area contributed by atoms with Crippen molar-refractivity contribution in [2.45, 2.75) is 13.8 Å². The van der Waals surface area contributed by atoms with E-state index >= 15 is 0 Å². The quantitative estimate of drug-likeness (QED) is 0.645. The zero-order valence-electron chi connectivity index (χ0n) is 7.50. The molecule has 0 aliphatic heterocycles. The van der Waals surface area contributed by atoms with Crippen molar-refractivity contribution in [1.29, 1.82) is 0 Å². The zero-order valence-corrected chi connectivity index (χ0v) is 7.50. The lowest BCUT2D eigenvalue weighted by Gasteiger charge is -2.05. The van der Waals surface area contributed by atoms with Gasteiger partial charge in [-0.1, -0.05) is 0 Å². The van der Waals surface area contributed by atoms with Crippen LogP contribution in [0.3, 0.4) is 0 Å². The standard InChI is InChI=1S/C8H12N2O2/c1-4-12-7-6(2)5-10(3)8(11)9-7/h5H,4H2,1-3H3. The summed E-state index contributed by atoms with van der Waals surface area (Å²) in [6, 6.07) is 0. The highest BCUT2D eigenvalue weighted by Crippen LogP contribution is 2.09. The van der Waals surface area contributed by atoms with Gasteiger partial charge >= 0.3 is 5.69 Å². The van der Waals surface area contributed by atoms with Crippen LogP contribution in [0.25, 0.3) is 0 Å². The van der Waals surface area contributed by atoms with Crippen LogP contribution in [0.5, 0.6) is 5.88 Å². The summed E-state index contributed by atoms with van der Waals surface area (Å²) in [5.74, 6) is 0.431. The number of hydrogen-bond acceptors (Lipinski definition) is 3. The minimum atomic E-state index is -0.288. The van der Waals surface area contributed by atoms with Crippen molar-refractivity contribution in [3.05, 3.63) is 22.2 Å². The van der Waals surface area contributed by atoms with Gasteiger partial charge in [-0.25, -0.2) is 4.79 Å². The predicted octanol–water partition coefficient (Wildman–Crippen LogP) is 0.487. The molecule has 0 spiro atoms. The average molecular weight is 168 g/mol. The van der Waals surface area contributed by atoms with Gasteiger partial charge in [0.15, 0.2) is 0 Å². The van der Waals surface area contributed by atoms with E-state index < -0.39 is 0 Å². The Kier molecular flexibility index (Phi) is 2.47. The van der Waals surface area contributed by atoms with Gasteiger partial charge in [-0.05, 0) is 13.8 Å². The maximum absolute atomic E-state index is 11.0. The molecule has 0 N–H and O–H groups in total. The first-order chi connectivity index (χ1) is 5.65. The lowest BCUT2D eigenvalue weighted by Crippen LogP contribution is -2.20. The third-order valence-corrected chi connectivity index (χ3v) is 1.50. The average Bonchev–Trinajstić information content (AvgIpc) is 2.01. The molecule has 12 heavy (non-hydrogen) atoms. The van der Waals surface area contributed by atoms with Crippen LogP contribution in [-0.4, -0.2) is 16.2 Å². The first-order valence-corrected chi connectivity index (χ1v) is 3.82. The number of nitrogens with zero attached hydrogens (tertiary/aromatic N) is 2. The number of rotatable bonds is 2. The highest BCUT2D eigenvalue weighted by Gasteiger charge is 2.02. The first-order valence-electron chi connectivity index (χ1n) is 3.82. The van der Waals surface area contributed by atoms with Gasteiger partial charge in [-0.3, -0.25) is 0 Å². The van der Waals surface area contributed by atoms with Gasteiger partial charge in [0.25, 0.3) is 0 Å². The van der Waals surface area contributed by atoms with Gasteiger partial charge in [0, 0.05) is 18.8 Å². The Morgan fingerprint density at radius 1 is 1.67 bits per heavy atom. The number of hydrogen-bond donors (Lipinski definition) is 0. The molecule has 0 radical (unpaired) electrons. The lowest BCUT2D eigenvalue weighted by atomic mass is 10.4. The fourth-order valence-corrected chi connectivity index (χ4v) is 0.938. The zero-order chi connectivity index (χ0) is 9.14. The van der Waals surface area contributed by atoms with Gasteiger partial charge < -0.3 is 9.30 Å². The van der Waals surface area contributed by atoms with Crippen molar-refractivity contribution in [3.63, 3.8) is 0 Å². The summed E-state index contributed by atoms with van der Waals surface area (Å²) in [7, 11) is 1.66. The van der Waals surface area contributed by atoms with Crippen LogP contribution in [0, 0.1) is 6.92 Å². The third kappa shape index (κ3) is 1.64. The highest BCUT2D eigenvalue weighted by atomic mass is 16.5. The molecule has 0 bridgehead atoms. The Bertz CT molecular complexity index is 330. The summed E-state index contributed by atoms with van der Waals surface area (Å²) >= 11 is 0. The Morgan fingerprint density at radius 3 is 2.92 bits per heavy atom. The van der Waals surface area contributed by atoms with Crippen LogP contribution in [0.1, 0.15) is 12.5 Å². The van der Waals surface area contributed by atoms with E-state index in [1.54, 1.807) is 13.2 Å². The molecule has 1 heterocycles. The van der Waals surface area contributed by atoms with Gasteiger partial charge in [0.2, 0.25) is 5.88 Å². The Balaban J connectivity index is 3.14. The topological polar surface area (TPSA) is 44.1 Å². The Morgan fingerprint density at radius 2 is 2.33 bits per heavy atom. The smallest absolute Gasteiger partial charge is 0.350 e. The molecular weight excluding hydrogens is 156 g/mol. The highest BCUT2D eigenvalue weighted by molar-refractivity contribution is 5.20. The number of aryl methyl sites for hydroxylation is 2. The molecule has 0 aromatic carbocycles. The van der Waals surface area contributed by atoms with Crippen molar-refractivity contribution in [2.24, 2.45) is 7.05 Å². The van der Waals surface area contributed by atoms with E-state index in [9.17, 15) is 4.79 Å². The van der Waals surface area contributed by atoms with Crippen molar-refractivity contribution in [2.75, 3.05) is 6.61 Å². The van der Waals surface area contributed by atoms with E-state index in [2.05, 4.69) is 4.98 Å². The van der Waals surface area contributed by atoms with Crippen LogP contribution in [0.2, 0.25) is 0 Å². The van der Waals surface area contributed by atoms with E-state index in [1.165, 1.54) is 4.57 Å². The maximum Gasteiger partial charge on any atom is 0.350 e. The van der Waals surface area contributed by atoms with E-state index in [0.717, 1.165) is 5.56 Å². The number of ether oxygens (including phenoxy) is 1. The molecular formula is C8H12N2O2.